The van der Waals surface area contributed by atoms with Crippen LogP contribution in [-0.2, 0) is 16.1 Å². The van der Waals surface area contributed by atoms with Crippen LogP contribution >= 0.6 is 0 Å². The molecule has 0 aliphatic carbocycles. The highest BCUT2D eigenvalue weighted by atomic mass is 16.5. The molecule has 0 radical (unpaired) electrons. The Balaban J connectivity index is 1.34. The second-order valence-corrected chi connectivity index (χ2v) is 6.43. The fourth-order valence-electron chi connectivity index (χ4n) is 2.98. The van der Waals surface area contributed by atoms with Crippen LogP contribution in [0.2, 0.25) is 0 Å². The maximum absolute atomic E-state index is 12.0. The van der Waals surface area contributed by atoms with Crippen molar-refractivity contribution in [2.24, 2.45) is 0 Å². The van der Waals surface area contributed by atoms with Crippen molar-refractivity contribution in [1.29, 1.82) is 0 Å². The summed E-state index contributed by atoms with van der Waals surface area (Å²) in [6.45, 7) is 4.28. The third kappa shape index (κ3) is 6.17. The number of carbonyl (C=O) groups excluding carboxylic acids is 1. The summed E-state index contributed by atoms with van der Waals surface area (Å²) in [6, 6.07) is 20.0. The minimum Gasteiger partial charge on any atom is -0.493 e. The van der Waals surface area contributed by atoms with Crippen LogP contribution in [0.4, 0.5) is 0 Å². The van der Waals surface area contributed by atoms with E-state index in [1.807, 2.05) is 36.4 Å². The molecule has 0 spiro atoms. The first-order chi connectivity index (χ1) is 12.8. The van der Waals surface area contributed by atoms with Gasteiger partial charge in [0.25, 0.3) is 0 Å². The zero-order chi connectivity index (χ0) is 18.0. The quantitative estimate of drug-likeness (QED) is 0.791. The van der Waals surface area contributed by atoms with E-state index in [1.165, 1.54) is 5.56 Å². The molecule has 1 N–H and O–H groups in total. The predicted octanol–water partition coefficient (Wildman–Crippen LogP) is 2.47. The molecule has 1 fully saturated rings. The standard InChI is InChI=1S/C21H26N2O3/c24-21(11-13-25-19-9-5-2-6-10-19)22-15-20-17-23(12-14-26-20)16-18-7-3-1-4-8-18/h1-10,20H,11-17H2,(H,22,24). The van der Waals surface area contributed by atoms with Crippen molar-refractivity contribution < 1.29 is 14.3 Å². The molecule has 1 amide bonds. The summed E-state index contributed by atoms with van der Waals surface area (Å²) in [5.41, 5.74) is 1.30. The highest BCUT2D eigenvalue weighted by Gasteiger charge is 2.21. The number of benzene rings is 2. The van der Waals surface area contributed by atoms with Gasteiger partial charge in [-0.25, -0.2) is 0 Å². The molecular formula is C21H26N2O3. The normalized spacial score (nSPS) is 17.6. The molecule has 2 aromatic rings. The molecule has 0 aromatic heterocycles. The lowest BCUT2D eigenvalue weighted by Crippen LogP contribution is -2.47. The molecule has 1 atom stereocenters. The van der Waals surface area contributed by atoms with Crippen LogP contribution in [0.15, 0.2) is 60.7 Å². The number of nitrogens with one attached hydrogen (secondary N) is 1. The van der Waals surface area contributed by atoms with Gasteiger partial charge in [-0.15, -0.1) is 0 Å². The van der Waals surface area contributed by atoms with E-state index in [1.54, 1.807) is 0 Å². The number of rotatable bonds is 8. The summed E-state index contributed by atoms with van der Waals surface area (Å²) in [7, 11) is 0. The highest BCUT2D eigenvalue weighted by molar-refractivity contribution is 5.76. The summed E-state index contributed by atoms with van der Waals surface area (Å²) in [6.07, 6.45) is 0.376. The fraction of sp³-hybridized carbons (Fsp3) is 0.381. The maximum Gasteiger partial charge on any atom is 0.223 e. The van der Waals surface area contributed by atoms with Gasteiger partial charge in [-0.1, -0.05) is 48.5 Å². The van der Waals surface area contributed by atoms with Crippen LogP contribution < -0.4 is 10.1 Å². The van der Waals surface area contributed by atoms with E-state index < -0.39 is 0 Å². The Labute approximate surface area is 154 Å². The van der Waals surface area contributed by atoms with Crippen molar-refractivity contribution in [2.45, 2.75) is 19.1 Å². The van der Waals surface area contributed by atoms with Gasteiger partial charge in [-0.2, -0.15) is 0 Å². The van der Waals surface area contributed by atoms with Crippen molar-refractivity contribution in [3.05, 3.63) is 66.2 Å². The second kappa shape index (κ2) is 9.94. The summed E-state index contributed by atoms with van der Waals surface area (Å²) in [5, 5.41) is 2.95. The van der Waals surface area contributed by atoms with E-state index in [0.717, 1.165) is 25.4 Å². The van der Waals surface area contributed by atoms with E-state index in [2.05, 4.69) is 34.5 Å². The van der Waals surface area contributed by atoms with Gasteiger partial charge in [0.1, 0.15) is 5.75 Å². The van der Waals surface area contributed by atoms with Gasteiger partial charge in [0.05, 0.1) is 25.7 Å². The number of para-hydroxylation sites is 1. The molecule has 5 nitrogen and oxygen atoms in total. The zero-order valence-electron chi connectivity index (χ0n) is 15.0. The lowest BCUT2D eigenvalue weighted by atomic mass is 10.2. The number of amides is 1. The second-order valence-electron chi connectivity index (χ2n) is 6.43. The highest BCUT2D eigenvalue weighted by Crippen LogP contribution is 2.10. The largest absolute Gasteiger partial charge is 0.493 e. The maximum atomic E-state index is 12.0. The first kappa shape index (κ1) is 18.4. The van der Waals surface area contributed by atoms with Crippen LogP contribution in [0.25, 0.3) is 0 Å². The Kier molecular flexibility index (Phi) is 7.05. The molecule has 1 unspecified atom stereocenters. The summed E-state index contributed by atoms with van der Waals surface area (Å²) in [4.78, 5) is 14.4. The number of ether oxygens (including phenoxy) is 2. The average Bonchev–Trinajstić information content (AvgIpc) is 2.68. The van der Waals surface area contributed by atoms with E-state index >= 15 is 0 Å². The molecule has 1 aliphatic heterocycles. The molecule has 1 saturated heterocycles. The lowest BCUT2D eigenvalue weighted by Gasteiger charge is -2.33. The Hall–Kier alpha value is -2.37. The molecule has 5 heteroatoms. The van der Waals surface area contributed by atoms with Crippen molar-refractivity contribution in [2.75, 3.05) is 32.8 Å². The van der Waals surface area contributed by atoms with Gasteiger partial charge in [0.2, 0.25) is 5.91 Å². The molecule has 2 aromatic carbocycles. The number of nitrogens with zero attached hydrogens (tertiary/aromatic N) is 1. The number of morpholine rings is 1. The molecular weight excluding hydrogens is 328 g/mol. The van der Waals surface area contributed by atoms with Crippen LogP contribution in [0.5, 0.6) is 5.75 Å². The summed E-state index contributed by atoms with van der Waals surface area (Å²) >= 11 is 0. The minimum absolute atomic E-state index is 0.00952. The van der Waals surface area contributed by atoms with Crippen LogP contribution in [0.1, 0.15) is 12.0 Å². The third-order valence-electron chi connectivity index (χ3n) is 4.34. The van der Waals surface area contributed by atoms with E-state index in [0.29, 0.717) is 26.2 Å². The Morgan fingerprint density at radius 1 is 1.12 bits per heavy atom. The fourth-order valence-corrected chi connectivity index (χ4v) is 2.98. The van der Waals surface area contributed by atoms with Gasteiger partial charge in [0, 0.05) is 26.2 Å². The number of hydrogen-bond donors (Lipinski definition) is 1. The summed E-state index contributed by atoms with van der Waals surface area (Å²) < 4.78 is 11.3. The lowest BCUT2D eigenvalue weighted by molar-refractivity contribution is -0.122. The molecule has 26 heavy (non-hydrogen) atoms. The van der Waals surface area contributed by atoms with Gasteiger partial charge >= 0.3 is 0 Å². The predicted molar refractivity (Wildman–Crippen MR) is 101 cm³/mol. The van der Waals surface area contributed by atoms with Crippen molar-refractivity contribution in [1.82, 2.24) is 10.2 Å². The number of carbonyl (C=O) groups is 1. The third-order valence-corrected chi connectivity index (χ3v) is 4.34. The molecule has 3 rings (SSSR count). The Morgan fingerprint density at radius 2 is 1.85 bits per heavy atom. The molecule has 1 heterocycles. The van der Waals surface area contributed by atoms with Crippen molar-refractivity contribution >= 4 is 5.91 Å². The SMILES string of the molecule is O=C(CCOc1ccccc1)NCC1CN(Cc2ccccc2)CCO1. The molecule has 0 saturated carbocycles. The smallest absolute Gasteiger partial charge is 0.223 e. The van der Waals surface area contributed by atoms with Gasteiger partial charge in [-0.3, -0.25) is 9.69 Å². The molecule has 138 valence electrons. The Bertz CT molecular complexity index is 663. The topological polar surface area (TPSA) is 50.8 Å². The molecule has 1 aliphatic rings. The van der Waals surface area contributed by atoms with Gasteiger partial charge in [0.15, 0.2) is 0 Å². The van der Waals surface area contributed by atoms with E-state index in [4.69, 9.17) is 9.47 Å². The van der Waals surface area contributed by atoms with Crippen LogP contribution in [-0.4, -0.2) is 49.8 Å². The number of hydrogen-bond acceptors (Lipinski definition) is 4. The van der Waals surface area contributed by atoms with Gasteiger partial charge < -0.3 is 14.8 Å². The Morgan fingerprint density at radius 3 is 2.62 bits per heavy atom. The van der Waals surface area contributed by atoms with E-state index in [9.17, 15) is 4.79 Å². The van der Waals surface area contributed by atoms with Crippen molar-refractivity contribution in [3.8, 4) is 5.75 Å². The summed E-state index contributed by atoms with van der Waals surface area (Å²) in [5.74, 6) is 0.775. The molecule has 0 bridgehead atoms. The zero-order valence-corrected chi connectivity index (χ0v) is 15.0. The first-order valence-corrected chi connectivity index (χ1v) is 9.12. The van der Waals surface area contributed by atoms with Crippen molar-refractivity contribution in [3.63, 3.8) is 0 Å². The first-order valence-electron chi connectivity index (χ1n) is 9.12. The van der Waals surface area contributed by atoms with Crippen LogP contribution in [0.3, 0.4) is 0 Å². The average molecular weight is 354 g/mol. The monoisotopic (exact) mass is 354 g/mol. The van der Waals surface area contributed by atoms with Gasteiger partial charge in [-0.05, 0) is 17.7 Å². The van der Waals surface area contributed by atoms with E-state index in [-0.39, 0.29) is 12.0 Å². The minimum atomic E-state index is -0.00952. The van der Waals surface area contributed by atoms with Crippen LogP contribution in [0, 0.1) is 0 Å².